The van der Waals surface area contributed by atoms with Crippen LogP contribution in [0.1, 0.15) is 36.9 Å². The lowest BCUT2D eigenvalue weighted by Gasteiger charge is -2.26. The second-order valence-electron chi connectivity index (χ2n) is 9.42. The number of ether oxygens (including phenoxy) is 1. The molecule has 1 aliphatic rings. The lowest BCUT2D eigenvalue weighted by Crippen LogP contribution is -2.41. The first-order valence-corrected chi connectivity index (χ1v) is 11.4. The highest BCUT2D eigenvalue weighted by Crippen LogP contribution is 2.45. The van der Waals surface area contributed by atoms with Gasteiger partial charge in [-0.25, -0.2) is 9.37 Å². The molecule has 4 aromatic rings. The highest BCUT2D eigenvalue weighted by atomic mass is 19.1. The van der Waals surface area contributed by atoms with Crippen LogP contribution in [-0.2, 0) is 15.8 Å². The average molecular weight is 508 g/mol. The van der Waals surface area contributed by atoms with Crippen LogP contribution < -0.4 is 21.5 Å². The van der Waals surface area contributed by atoms with Gasteiger partial charge in [0.25, 0.3) is 11.9 Å². The fourth-order valence-corrected chi connectivity index (χ4v) is 4.20. The van der Waals surface area contributed by atoms with E-state index < -0.39 is 28.6 Å². The van der Waals surface area contributed by atoms with E-state index in [0.29, 0.717) is 33.7 Å². The monoisotopic (exact) mass is 507 g/mol. The summed E-state index contributed by atoms with van der Waals surface area (Å²) in [7, 11) is 0. The normalized spacial score (nSPS) is 18.2. The van der Waals surface area contributed by atoms with Crippen LogP contribution in [-0.4, -0.2) is 40.0 Å². The number of aliphatic hydroxyl groups is 1. The first-order chi connectivity index (χ1) is 17.5. The first-order valence-electron chi connectivity index (χ1n) is 11.4. The second-order valence-corrected chi connectivity index (χ2v) is 9.42. The number of pyridine rings is 1. The molecular formula is C26H26FN5O5. The second kappa shape index (κ2) is 8.56. The number of rotatable bonds is 6. The van der Waals surface area contributed by atoms with Gasteiger partial charge in [0.05, 0.1) is 12.2 Å². The van der Waals surface area contributed by atoms with Gasteiger partial charge < -0.3 is 31.0 Å². The van der Waals surface area contributed by atoms with E-state index in [2.05, 4.69) is 15.3 Å². The third-order valence-electron chi connectivity index (χ3n) is 6.55. The Bertz CT molecular complexity index is 1560. The van der Waals surface area contributed by atoms with Crippen molar-refractivity contribution in [1.82, 2.24) is 15.3 Å². The van der Waals surface area contributed by atoms with Crippen LogP contribution in [0.2, 0.25) is 0 Å². The lowest BCUT2D eigenvalue weighted by molar-refractivity contribution is -0.123. The molecule has 2 atom stereocenters. The van der Waals surface area contributed by atoms with Crippen molar-refractivity contribution in [2.45, 2.75) is 24.9 Å². The van der Waals surface area contributed by atoms with Gasteiger partial charge in [-0.2, -0.15) is 4.98 Å². The van der Waals surface area contributed by atoms with E-state index in [-0.39, 0.29) is 31.9 Å². The van der Waals surface area contributed by atoms with Gasteiger partial charge >= 0.3 is 0 Å². The summed E-state index contributed by atoms with van der Waals surface area (Å²) in [4.78, 5) is 33.8. The molecule has 0 bridgehead atoms. The van der Waals surface area contributed by atoms with Crippen LogP contribution >= 0.6 is 0 Å². The molecule has 11 heteroatoms. The third-order valence-corrected chi connectivity index (χ3v) is 6.55. The van der Waals surface area contributed by atoms with Gasteiger partial charge in [-0.3, -0.25) is 9.59 Å². The van der Waals surface area contributed by atoms with Crippen molar-refractivity contribution < 1.29 is 29.7 Å². The molecule has 0 saturated heterocycles. The molecule has 10 nitrogen and oxygen atoms in total. The number of hydrogen-bond donors (Lipinski definition) is 4. The molecule has 0 saturated carbocycles. The van der Waals surface area contributed by atoms with E-state index >= 15 is 0 Å². The molecule has 5 rings (SSSR count). The first kappa shape index (κ1) is 24.2. The van der Waals surface area contributed by atoms with Crippen molar-refractivity contribution in [2.24, 2.45) is 5.73 Å². The molecule has 0 fully saturated rings. The zero-order chi connectivity index (χ0) is 26.5. The number of aromatic nitrogens is 2. The van der Waals surface area contributed by atoms with E-state index in [1.807, 2.05) is 0 Å². The predicted octanol–water partition coefficient (Wildman–Crippen LogP) is 2.63. The minimum Gasteiger partial charge on any atom is -0.489 e. The molecule has 0 aliphatic carbocycles. The van der Waals surface area contributed by atoms with Crippen molar-refractivity contribution in [3.8, 4) is 17.0 Å². The minimum atomic E-state index is -1.67. The Labute approximate surface area is 211 Å². The molecule has 37 heavy (non-hydrogen) atoms. The van der Waals surface area contributed by atoms with Gasteiger partial charge in [0.15, 0.2) is 5.58 Å². The van der Waals surface area contributed by atoms with Gasteiger partial charge in [-0.1, -0.05) is 0 Å². The average Bonchev–Trinajstić information content (AvgIpc) is 3.41. The van der Waals surface area contributed by atoms with Crippen LogP contribution in [0.25, 0.3) is 22.4 Å². The number of carbonyl (C=O) groups is 2. The number of carbonyl (C=O) groups excluding carboxylic acids is 2. The predicted molar refractivity (Wildman–Crippen MR) is 134 cm³/mol. The van der Waals surface area contributed by atoms with Crippen LogP contribution in [0.3, 0.4) is 0 Å². The molecule has 1 aliphatic heterocycles. The van der Waals surface area contributed by atoms with Crippen LogP contribution in [0, 0.1) is 5.82 Å². The van der Waals surface area contributed by atoms with Gasteiger partial charge in [-0.15, -0.1) is 0 Å². The van der Waals surface area contributed by atoms with Crippen molar-refractivity contribution in [1.29, 1.82) is 0 Å². The van der Waals surface area contributed by atoms with Crippen molar-refractivity contribution in [2.75, 3.05) is 18.9 Å². The molecule has 0 unspecified atom stereocenters. The number of anilines is 1. The maximum absolute atomic E-state index is 13.6. The summed E-state index contributed by atoms with van der Waals surface area (Å²) in [6, 6.07) is 11.8. The molecule has 2 amide bonds. The number of nitrogen functional groups attached to an aromatic ring is 1. The number of nitrogens with two attached hydrogens (primary N) is 2. The number of nitrogens with one attached hydrogen (secondary N) is 1. The summed E-state index contributed by atoms with van der Waals surface area (Å²) in [5.41, 5.74) is 11.0. The number of benzene rings is 2. The summed E-state index contributed by atoms with van der Waals surface area (Å²) < 4.78 is 24.7. The van der Waals surface area contributed by atoms with Crippen molar-refractivity contribution in [3.63, 3.8) is 0 Å². The Morgan fingerprint density at radius 1 is 1.22 bits per heavy atom. The van der Waals surface area contributed by atoms with Crippen LogP contribution in [0.15, 0.2) is 52.9 Å². The third kappa shape index (κ3) is 4.23. The van der Waals surface area contributed by atoms with E-state index in [9.17, 15) is 19.1 Å². The topological polar surface area (TPSA) is 167 Å². The SMILES string of the molecule is C[C@](O)(CNC(=O)c1ccc2nc(N)oc2c1)c1cc2c(c(-c3ccc(F)cc3)n1)OC[C@]2(C)C(N)=O.[HH]. The van der Waals surface area contributed by atoms with E-state index in [1.54, 1.807) is 25.1 Å². The number of amides is 2. The number of halogens is 1. The summed E-state index contributed by atoms with van der Waals surface area (Å²) >= 11 is 0. The van der Waals surface area contributed by atoms with E-state index in [1.165, 1.54) is 37.3 Å². The largest absolute Gasteiger partial charge is 0.489 e. The lowest BCUT2D eigenvalue weighted by atomic mass is 9.82. The van der Waals surface area contributed by atoms with Gasteiger partial charge in [0.2, 0.25) is 5.91 Å². The quantitative estimate of drug-likeness (QED) is 0.309. The Balaban J connectivity index is 0.00000336. The Morgan fingerprint density at radius 3 is 2.65 bits per heavy atom. The molecule has 2 aromatic carbocycles. The van der Waals surface area contributed by atoms with Crippen LogP contribution in [0.5, 0.6) is 5.75 Å². The number of fused-ring (bicyclic) bond motifs is 2. The standard InChI is InChI=1S/C26H24FN5O5.H2/c1-25(23(28)34)12-36-21-16(25)10-19(32-20(21)13-3-6-15(27)7-4-13)26(2,35)11-30-22(33)14-5-8-17-18(9-14)37-24(29)31-17;/h3-10,35H,11-12H2,1-2H3,(H2,28,34)(H2,29,31)(H,30,33);1H/t25-,26-;/m0./s1. The van der Waals surface area contributed by atoms with Gasteiger partial charge in [0.1, 0.15) is 40.4 Å². The summed E-state index contributed by atoms with van der Waals surface area (Å²) in [6.45, 7) is 2.90. The highest BCUT2D eigenvalue weighted by molar-refractivity contribution is 5.97. The summed E-state index contributed by atoms with van der Waals surface area (Å²) in [6.07, 6.45) is 0. The Kier molecular flexibility index (Phi) is 5.60. The highest BCUT2D eigenvalue weighted by Gasteiger charge is 2.45. The number of primary amides is 1. The molecular weight excluding hydrogens is 481 g/mol. The van der Waals surface area contributed by atoms with Crippen LogP contribution in [0.4, 0.5) is 10.4 Å². The van der Waals surface area contributed by atoms with E-state index in [4.69, 9.17) is 20.6 Å². The maximum atomic E-state index is 13.6. The number of hydrogen-bond acceptors (Lipinski definition) is 8. The maximum Gasteiger partial charge on any atom is 0.292 e. The fourth-order valence-electron chi connectivity index (χ4n) is 4.20. The Hall–Kier alpha value is -4.51. The zero-order valence-corrected chi connectivity index (χ0v) is 20.0. The molecule has 0 spiro atoms. The molecule has 192 valence electrons. The minimum absolute atomic E-state index is 0. The van der Waals surface area contributed by atoms with Crippen molar-refractivity contribution in [3.05, 3.63) is 71.2 Å². The molecule has 3 heterocycles. The Morgan fingerprint density at radius 2 is 1.95 bits per heavy atom. The van der Waals surface area contributed by atoms with Crippen molar-refractivity contribution >= 4 is 28.9 Å². The molecule has 6 N–H and O–H groups in total. The zero-order valence-electron chi connectivity index (χ0n) is 20.0. The molecule has 2 aromatic heterocycles. The number of oxazole rings is 1. The molecule has 0 radical (unpaired) electrons. The van der Waals surface area contributed by atoms with Gasteiger partial charge in [0, 0.05) is 18.1 Å². The summed E-state index contributed by atoms with van der Waals surface area (Å²) in [5.74, 6) is -1.18. The van der Waals surface area contributed by atoms with Gasteiger partial charge in [-0.05, 0) is 62.4 Å². The number of nitrogens with zero attached hydrogens (tertiary/aromatic N) is 2. The smallest absolute Gasteiger partial charge is 0.292 e. The fraction of sp³-hybridized carbons (Fsp3) is 0.231. The van der Waals surface area contributed by atoms with E-state index in [0.717, 1.165) is 0 Å². The summed E-state index contributed by atoms with van der Waals surface area (Å²) in [5, 5.41) is 14.1.